The molecule has 7 nitrogen and oxygen atoms in total. The van der Waals surface area contributed by atoms with E-state index in [-0.39, 0.29) is 11.9 Å². The molecule has 1 aliphatic carbocycles. The van der Waals surface area contributed by atoms with Crippen molar-refractivity contribution in [1.29, 1.82) is 0 Å². The van der Waals surface area contributed by atoms with Gasteiger partial charge in [-0.2, -0.15) is 0 Å². The van der Waals surface area contributed by atoms with Crippen LogP contribution in [0.3, 0.4) is 0 Å². The summed E-state index contributed by atoms with van der Waals surface area (Å²) >= 11 is 0. The van der Waals surface area contributed by atoms with Gasteiger partial charge >= 0.3 is 12.1 Å². The number of phenols is 1. The second-order valence-corrected chi connectivity index (χ2v) is 6.92. The summed E-state index contributed by atoms with van der Waals surface area (Å²) in [7, 11) is 0. The van der Waals surface area contributed by atoms with Crippen molar-refractivity contribution in [3.05, 3.63) is 48.0 Å². The molecule has 2 aromatic carbocycles. The van der Waals surface area contributed by atoms with Crippen LogP contribution in [0.2, 0.25) is 0 Å². The number of benzene rings is 2. The number of ether oxygens (including phenoxy) is 1. The quantitative estimate of drug-likeness (QED) is 0.544. The van der Waals surface area contributed by atoms with Gasteiger partial charge in [0, 0.05) is 11.4 Å². The molecular weight excluding hydrogens is 358 g/mol. The predicted molar refractivity (Wildman–Crippen MR) is 109 cm³/mol. The topological polar surface area (TPSA) is 99.7 Å². The fraction of sp³-hybridized carbons (Fsp3) is 0.333. The summed E-state index contributed by atoms with van der Waals surface area (Å²) in [6.45, 7) is 1.85. The summed E-state index contributed by atoms with van der Waals surface area (Å²) < 4.78 is 5.46. The lowest BCUT2D eigenvalue weighted by molar-refractivity contribution is 0.0865. The third kappa shape index (κ3) is 5.39. The van der Waals surface area contributed by atoms with E-state index in [1.807, 2.05) is 6.92 Å². The van der Waals surface area contributed by atoms with E-state index in [1.165, 1.54) is 12.5 Å². The molecule has 1 fully saturated rings. The first-order valence-corrected chi connectivity index (χ1v) is 9.45. The smallest absolute Gasteiger partial charge is 0.411 e. The van der Waals surface area contributed by atoms with Crippen molar-refractivity contribution in [2.75, 3.05) is 16.0 Å². The number of carbonyl (C=O) groups is 2. The lowest BCUT2D eigenvalue weighted by Crippen LogP contribution is -2.24. The average Bonchev–Trinajstić information content (AvgIpc) is 2.67. The zero-order valence-electron chi connectivity index (χ0n) is 15.8. The molecule has 1 saturated carbocycles. The van der Waals surface area contributed by atoms with Gasteiger partial charge in [0.15, 0.2) is 0 Å². The number of aromatic hydroxyl groups is 1. The maximum Gasteiger partial charge on any atom is 0.411 e. The van der Waals surface area contributed by atoms with Gasteiger partial charge in [0.2, 0.25) is 0 Å². The van der Waals surface area contributed by atoms with Gasteiger partial charge in [0.25, 0.3) is 0 Å². The first-order chi connectivity index (χ1) is 13.5. The van der Waals surface area contributed by atoms with Crippen molar-refractivity contribution in [3.8, 4) is 5.75 Å². The van der Waals surface area contributed by atoms with Crippen molar-refractivity contribution in [2.45, 2.75) is 45.1 Å². The van der Waals surface area contributed by atoms with Crippen LogP contribution in [0.15, 0.2) is 42.5 Å². The number of nitrogens with one attached hydrogen (secondary N) is 3. The Balaban J connectivity index is 1.60. The van der Waals surface area contributed by atoms with Crippen LogP contribution in [-0.2, 0) is 4.74 Å². The van der Waals surface area contributed by atoms with Gasteiger partial charge in [-0.15, -0.1) is 0 Å². The van der Waals surface area contributed by atoms with Gasteiger partial charge in [-0.05, 0) is 62.4 Å². The highest BCUT2D eigenvalue weighted by atomic mass is 16.6. The Labute approximate surface area is 164 Å². The van der Waals surface area contributed by atoms with Gasteiger partial charge in [-0.3, -0.25) is 5.32 Å². The van der Waals surface area contributed by atoms with E-state index in [2.05, 4.69) is 16.0 Å². The molecule has 148 valence electrons. The summed E-state index contributed by atoms with van der Waals surface area (Å²) in [4.78, 5) is 24.4. The third-order valence-corrected chi connectivity index (χ3v) is 4.71. The number of aryl methyl sites for hydroxylation is 1. The molecule has 0 bridgehead atoms. The summed E-state index contributed by atoms with van der Waals surface area (Å²) in [5.41, 5.74) is 2.22. The van der Waals surface area contributed by atoms with E-state index in [9.17, 15) is 14.7 Å². The summed E-state index contributed by atoms with van der Waals surface area (Å²) in [6.07, 6.45) is 4.66. The molecule has 0 heterocycles. The molecular formula is C21H25N3O4. The number of anilines is 3. The molecule has 0 atom stereocenters. The predicted octanol–water partition coefficient (Wildman–Crippen LogP) is 5.23. The number of rotatable bonds is 4. The maximum atomic E-state index is 12.2. The van der Waals surface area contributed by atoms with Gasteiger partial charge < -0.3 is 20.5 Å². The minimum Gasteiger partial charge on any atom is -0.506 e. The van der Waals surface area contributed by atoms with E-state index in [0.717, 1.165) is 31.2 Å². The molecule has 3 amide bonds. The molecule has 0 aromatic heterocycles. The lowest BCUT2D eigenvalue weighted by Gasteiger charge is -2.22. The summed E-state index contributed by atoms with van der Waals surface area (Å²) in [6, 6.07) is 11.2. The van der Waals surface area contributed by atoms with Crippen molar-refractivity contribution in [3.63, 3.8) is 0 Å². The minimum atomic E-state index is -0.494. The Morgan fingerprint density at radius 3 is 2.43 bits per heavy atom. The fourth-order valence-corrected chi connectivity index (χ4v) is 3.17. The van der Waals surface area contributed by atoms with Crippen LogP contribution in [0.4, 0.5) is 26.7 Å². The van der Waals surface area contributed by atoms with Gasteiger partial charge in [0.1, 0.15) is 11.9 Å². The molecule has 3 rings (SSSR count). The van der Waals surface area contributed by atoms with E-state index >= 15 is 0 Å². The van der Waals surface area contributed by atoms with Crippen molar-refractivity contribution >= 4 is 29.2 Å². The fourth-order valence-electron chi connectivity index (χ4n) is 3.17. The summed E-state index contributed by atoms with van der Waals surface area (Å²) in [5.74, 6) is -0.0183. The van der Waals surface area contributed by atoms with Gasteiger partial charge in [0.05, 0.1) is 5.69 Å². The Kier molecular flexibility index (Phi) is 6.37. The van der Waals surface area contributed by atoms with Crippen molar-refractivity contribution in [2.24, 2.45) is 0 Å². The Morgan fingerprint density at radius 1 is 0.964 bits per heavy atom. The number of phenolic OH excluding ortho intramolecular Hbond substituents is 1. The zero-order valence-corrected chi connectivity index (χ0v) is 15.8. The Hall–Kier alpha value is -3.22. The number of hydrogen-bond donors (Lipinski definition) is 4. The first kappa shape index (κ1) is 19.5. The number of urea groups is 1. The number of para-hydroxylation sites is 2. The number of carbonyl (C=O) groups excluding carboxylic acids is 2. The lowest BCUT2D eigenvalue weighted by atomic mass is 9.98. The van der Waals surface area contributed by atoms with E-state index in [0.29, 0.717) is 17.1 Å². The van der Waals surface area contributed by atoms with Gasteiger partial charge in [-0.25, -0.2) is 9.59 Å². The molecule has 7 heteroatoms. The normalized spacial score (nSPS) is 14.2. The second-order valence-electron chi connectivity index (χ2n) is 6.92. The highest BCUT2D eigenvalue weighted by Gasteiger charge is 2.18. The monoisotopic (exact) mass is 383 g/mol. The van der Waals surface area contributed by atoms with Crippen LogP contribution >= 0.6 is 0 Å². The average molecular weight is 383 g/mol. The van der Waals surface area contributed by atoms with Crippen LogP contribution in [0.1, 0.15) is 37.7 Å². The standard InChI is InChI=1S/C21H25N3O4/c1-14-11-12-15(22-21(27)28-16-7-3-2-4-8-16)13-18(14)24-20(26)23-17-9-5-6-10-19(17)25/h5-6,9-13,16,25H,2-4,7-8H2,1H3,(H,22,27)(H2,23,24,26). The number of hydrogen-bond acceptors (Lipinski definition) is 4. The first-order valence-electron chi connectivity index (χ1n) is 9.45. The van der Waals surface area contributed by atoms with Crippen LogP contribution in [0.25, 0.3) is 0 Å². The van der Waals surface area contributed by atoms with Crippen molar-refractivity contribution < 1.29 is 19.4 Å². The van der Waals surface area contributed by atoms with Gasteiger partial charge in [-0.1, -0.05) is 24.6 Å². The Bertz CT molecular complexity index is 847. The van der Waals surface area contributed by atoms with Crippen LogP contribution in [0.5, 0.6) is 5.75 Å². The molecule has 2 aromatic rings. The molecule has 4 N–H and O–H groups in total. The summed E-state index contributed by atoms with van der Waals surface area (Å²) in [5, 5.41) is 17.8. The Morgan fingerprint density at radius 2 is 1.68 bits per heavy atom. The number of amides is 3. The van der Waals surface area contributed by atoms with E-state index < -0.39 is 12.1 Å². The molecule has 0 aliphatic heterocycles. The molecule has 0 radical (unpaired) electrons. The van der Waals surface area contributed by atoms with E-state index in [4.69, 9.17) is 4.74 Å². The molecule has 0 unspecified atom stereocenters. The largest absolute Gasteiger partial charge is 0.506 e. The molecule has 0 spiro atoms. The maximum absolute atomic E-state index is 12.2. The van der Waals surface area contributed by atoms with Crippen LogP contribution in [0, 0.1) is 6.92 Å². The van der Waals surface area contributed by atoms with Crippen LogP contribution in [-0.4, -0.2) is 23.3 Å². The van der Waals surface area contributed by atoms with Crippen LogP contribution < -0.4 is 16.0 Å². The molecule has 0 saturated heterocycles. The van der Waals surface area contributed by atoms with E-state index in [1.54, 1.807) is 36.4 Å². The zero-order chi connectivity index (χ0) is 19.9. The molecule has 28 heavy (non-hydrogen) atoms. The highest BCUT2D eigenvalue weighted by molar-refractivity contribution is 6.01. The van der Waals surface area contributed by atoms with Crippen molar-refractivity contribution in [1.82, 2.24) is 0 Å². The SMILES string of the molecule is Cc1ccc(NC(=O)OC2CCCCC2)cc1NC(=O)Nc1ccccc1O. The highest BCUT2D eigenvalue weighted by Crippen LogP contribution is 2.24. The molecule has 1 aliphatic rings. The second kappa shape index (κ2) is 9.12. The minimum absolute atomic E-state index is 0.0183. The third-order valence-electron chi connectivity index (χ3n) is 4.71.